The first-order valence-corrected chi connectivity index (χ1v) is 8.73. The van der Waals surface area contributed by atoms with Crippen molar-refractivity contribution in [2.24, 2.45) is 0 Å². The van der Waals surface area contributed by atoms with Crippen LogP contribution in [0.1, 0.15) is 24.2 Å². The fraction of sp³-hybridized carbons (Fsp3) is 0.222. The number of halogens is 2. The molecule has 4 rings (SSSR count). The Hall–Kier alpha value is -2.04. The Bertz CT molecular complexity index is 854. The minimum Gasteiger partial charge on any atom is -0.271 e. The number of benzene rings is 2. The average molecular weight is 359 g/mol. The summed E-state index contributed by atoms with van der Waals surface area (Å²) in [6.07, 6.45) is 4.31. The molecule has 2 aromatic carbocycles. The Labute approximate surface area is 150 Å². The molecule has 0 N–H and O–H groups in total. The standard InChI is InChI=1S/C18H16Cl2N4/c19-13-5-9-15(10-6-13)21-24-18-4-2-1-3-17(18)22-23(24)16-11-7-14(20)8-12-16/h5-12H,1-4H2. The molecule has 3 aromatic rings. The molecule has 1 heterocycles. The highest BCUT2D eigenvalue weighted by molar-refractivity contribution is 6.30. The van der Waals surface area contributed by atoms with E-state index in [0.717, 1.165) is 36.3 Å². The number of hydrogen-bond donors (Lipinski definition) is 0. The van der Waals surface area contributed by atoms with E-state index in [1.807, 2.05) is 58.1 Å². The second-order valence-electron chi connectivity index (χ2n) is 5.83. The van der Waals surface area contributed by atoms with E-state index in [9.17, 15) is 0 Å². The first-order valence-electron chi connectivity index (χ1n) is 7.97. The Morgan fingerprint density at radius 3 is 2.21 bits per heavy atom. The van der Waals surface area contributed by atoms with E-state index in [4.69, 9.17) is 33.7 Å². The second-order valence-corrected chi connectivity index (χ2v) is 6.71. The summed E-state index contributed by atoms with van der Waals surface area (Å²) in [5.74, 6) is 0. The van der Waals surface area contributed by atoms with E-state index in [-0.39, 0.29) is 0 Å². The molecule has 1 aliphatic carbocycles. The van der Waals surface area contributed by atoms with Crippen LogP contribution in [0.5, 0.6) is 0 Å². The third-order valence-electron chi connectivity index (χ3n) is 4.14. The van der Waals surface area contributed by atoms with Gasteiger partial charge in [0.15, 0.2) is 11.4 Å². The third-order valence-corrected chi connectivity index (χ3v) is 4.64. The number of fused-ring (bicyclic) bond motifs is 1. The van der Waals surface area contributed by atoms with E-state index in [1.54, 1.807) is 0 Å². The lowest BCUT2D eigenvalue weighted by Gasteiger charge is -2.17. The molecule has 122 valence electrons. The summed E-state index contributed by atoms with van der Waals surface area (Å²) >= 11 is 12.0. The molecule has 0 atom stereocenters. The van der Waals surface area contributed by atoms with Gasteiger partial charge in [-0.2, -0.15) is 4.79 Å². The Balaban J connectivity index is 1.79. The van der Waals surface area contributed by atoms with Crippen LogP contribution in [-0.4, -0.2) is 9.90 Å². The number of aromatic nitrogens is 3. The monoisotopic (exact) mass is 358 g/mol. The minimum absolute atomic E-state index is 0.701. The average Bonchev–Trinajstić information content (AvgIpc) is 2.96. The van der Waals surface area contributed by atoms with Gasteiger partial charge in [-0.25, -0.2) is 0 Å². The molecule has 0 fully saturated rings. The summed E-state index contributed by atoms with van der Waals surface area (Å²) in [5, 5.41) is 6.19. The van der Waals surface area contributed by atoms with Gasteiger partial charge in [-0.3, -0.25) is 5.43 Å². The quantitative estimate of drug-likeness (QED) is 0.618. The SMILES string of the molecule is Clc1ccc([N-][n+]2c3c(nn2-c2ccc(Cl)cc2)CCCC3)cc1. The topological polar surface area (TPSA) is 35.8 Å². The van der Waals surface area contributed by atoms with Crippen LogP contribution in [0.15, 0.2) is 48.5 Å². The predicted octanol–water partition coefficient (Wildman–Crippen LogP) is 4.81. The smallest absolute Gasteiger partial charge is 0.199 e. The zero-order valence-corrected chi connectivity index (χ0v) is 14.5. The molecule has 1 aromatic heterocycles. The molecule has 0 radical (unpaired) electrons. The predicted molar refractivity (Wildman–Crippen MR) is 95.3 cm³/mol. The van der Waals surface area contributed by atoms with Crippen LogP contribution in [0.3, 0.4) is 0 Å². The van der Waals surface area contributed by atoms with Crippen LogP contribution in [-0.2, 0) is 12.8 Å². The van der Waals surface area contributed by atoms with Crippen LogP contribution >= 0.6 is 23.2 Å². The Kier molecular flexibility index (Phi) is 4.17. The van der Waals surface area contributed by atoms with Crippen LogP contribution in [0.25, 0.3) is 11.1 Å². The zero-order valence-electron chi connectivity index (χ0n) is 13.0. The molecule has 0 bridgehead atoms. The molecule has 0 saturated carbocycles. The maximum absolute atomic E-state index is 6.01. The van der Waals surface area contributed by atoms with E-state index in [1.165, 1.54) is 12.1 Å². The summed E-state index contributed by atoms with van der Waals surface area (Å²) in [4.78, 5) is 3.75. The van der Waals surface area contributed by atoms with Gasteiger partial charge in [-0.1, -0.05) is 47.5 Å². The highest BCUT2D eigenvalue weighted by Gasteiger charge is 2.24. The van der Waals surface area contributed by atoms with Crippen LogP contribution in [0.2, 0.25) is 10.0 Å². The van der Waals surface area contributed by atoms with Gasteiger partial charge in [0.2, 0.25) is 0 Å². The van der Waals surface area contributed by atoms with Gasteiger partial charge in [0.25, 0.3) is 0 Å². The van der Waals surface area contributed by atoms with Gasteiger partial charge in [0.1, 0.15) is 0 Å². The number of nitrogens with zero attached hydrogens (tertiary/aromatic N) is 4. The van der Waals surface area contributed by atoms with Gasteiger partial charge >= 0.3 is 0 Å². The molecule has 6 heteroatoms. The van der Waals surface area contributed by atoms with Crippen molar-refractivity contribution in [3.8, 4) is 5.69 Å². The van der Waals surface area contributed by atoms with Gasteiger partial charge in [0.05, 0.1) is 0 Å². The summed E-state index contributed by atoms with van der Waals surface area (Å²) in [6.45, 7) is 0. The number of aryl methyl sites for hydroxylation is 1. The number of rotatable bonds is 3. The van der Waals surface area contributed by atoms with Gasteiger partial charge < -0.3 is 0 Å². The molecule has 0 saturated heterocycles. The van der Waals surface area contributed by atoms with E-state index < -0.39 is 0 Å². The highest BCUT2D eigenvalue weighted by Crippen LogP contribution is 2.23. The van der Waals surface area contributed by atoms with E-state index in [0.29, 0.717) is 10.0 Å². The molecule has 0 aliphatic heterocycles. The summed E-state index contributed by atoms with van der Waals surface area (Å²) < 4.78 is 0. The molecule has 0 amide bonds. The van der Waals surface area contributed by atoms with Crippen LogP contribution in [0.4, 0.5) is 5.69 Å². The molecule has 0 spiro atoms. The highest BCUT2D eigenvalue weighted by atomic mass is 35.5. The largest absolute Gasteiger partial charge is 0.271 e. The number of hydrogen-bond acceptors (Lipinski definition) is 1. The fourth-order valence-electron chi connectivity index (χ4n) is 2.93. The van der Waals surface area contributed by atoms with E-state index in [2.05, 4.69) is 0 Å². The van der Waals surface area contributed by atoms with Gasteiger partial charge in [-0.05, 0) is 47.9 Å². The summed E-state index contributed by atoms with van der Waals surface area (Å²) in [6, 6.07) is 15.1. The molecule has 0 unspecified atom stereocenters. The van der Waals surface area contributed by atoms with Crippen molar-refractivity contribution < 1.29 is 4.79 Å². The summed E-state index contributed by atoms with van der Waals surface area (Å²) in [5.41, 5.74) is 8.85. The molecule has 24 heavy (non-hydrogen) atoms. The third kappa shape index (κ3) is 2.99. The van der Waals surface area contributed by atoms with Crippen molar-refractivity contribution in [3.63, 3.8) is 0 Å². The minimum atomic E-state index is 0.701. The Morgan fingerprint density at radius 1 is 0.875 bits per heavy atom. The Morgan fingerprint density at radius 2 is 1.50 bits per heavy atom. The lowest BCUT2D eigenvalue weighted by atomic mass is 10.0. The fourth-order valence-corrected chi connectivity index (χ4v) is 3.18. The zero-order chi connectivity index (χ0) is 16.5. The van der Waals surface area contributed by atoms with Gasteiger partial charge in [0, 0.05) is 28.6 Å². The van der Waals surface area contributed by atoms with Gasteiger partial charge in [-0.15, -0.1) is 4.80 Å². The van der Waals surface area contributed by atoms with E-state index >= 15 is 0 Å². The van der Waals surface area contributed by atoms with Crippen molar-refractivity contribution in [2.45, 2.75) is 25.7 Å². The van der Waals surface area contributed by atoms with Crippen molar-refractivity contribution in [2.75, 3.05) is 0 Å². The van der Waals surface area contributed by atoms with Crippen molar-refractivity contribution >= 4 is 28.9 Å². The summed E-state index contributed by atoms with van der Waals surface area (Å²) in [7, 11) is 0. The lowest BCUT2D eigenvalue weighted by molar-refractivity contribution is -0.707. The maximum Gasteiger partial charge on any atom is 0.199 e. The van der Waals surface area contributed by atoms with Crippen molar-refractivity contribution in [1.82, 2.24) is 9.90 Å². The van der Waals surface area contributed by atoms with Crippen LogP contribution in [0, 0.1) is 0 Å². The van der Waals surface area contributed by atoms with Crippen molar-refractivity contribution in [3.05, 3.63) is 75.4 Å². The first kappa shape index (κ1) is 15.5. The second kappa shape index (κ2) is 6.46. The normalized spacial score (nSPS) is 13.6. The molecule has 1 aliphatic rings. The maximum atomic E-state index is 6.01. The molecule has 4 nitrogen and oxygen atoms in total. The molecular weight excluding hydrogens is 343 g/mol. The lowest BCUT2D eigenvalue weighted by Crippen LogP contribution is -2.42. The van der Waals surface area contributed by atoms with Crippen LogP contribution < -0.4 is 4.79 Å². The molecular formula is C18H16Cl2N4. The van der Waals surface area contributed by atoms with Crippen molar-refractivity contribution in [1.29, 1.82) is 0 Å². The first-order chi connectivity index (χ1) is 11.7.